The van der Waals surface area contributed by atoms with Gasteiger partial charge in [0.1, 0.15) is 5.78 Å². The number of hydrogen-bond acceptors (Lipinski definition) is 3. The van der Waals surface area contributed by atoms with E-state index in [4.69, 9.17) is 10.2 Å². The lowest BCUT2D eigenvalue weighted by Crippen LogP contribution is -2.34. The van der Waals surface area contributed by atoms with E-state index in [2.05, 4.69) is 0 Å². The predicted octanol–water partition coefficient (Wildman–Crippen LogP) is 0.531. The molecular weight excluding hydrogens is 188 g/mol. The SMILES string of the molecule is O=C1CCC[C@@H](C(C(=O)O)C(=O)O)C1. The van der Waals surface area contributed by atoms with Crippen molar-refractivity contribution in [2.24, 2.45) is 11.8 Å². The van der Waals surface area contributed by atoms with Crippen LogP contribution < -0.4 is 0 Å². The zero-order chi connectivity index (χ0) is 10.7. The van der Waals surface area contributed by atoms with Crippen LogP contribution >= 0.6 is 0 Å². The van der Waals surface area contributed by atoms with Gasteiger partial charge in [-0.25, -0.2) is 0 Å². The normalized spacial score (nSPS) is 22.4. The molecule has 2 N–H and O–H groups in total. The summed E-state index contributed by atoms with van der Waals surface area (Å²) in [6, 6.07) is 0. The number of aliphatic carboxylic acids is 2. The number of Topliss-reactive ketones (excluding diaryl/α,β-unsaturated/α-hetero) is 1. The number of carboxylic acid groups (broad SMARTS) is 2. The maximum Gasteiger partial charge on any atom is 0.318 e. The van der Waals surface area contributed by atoms with Gasteiger partial charge in [-0.3, -0.25) is 14.4 Å². The topological polar surface area (TPSA) is 91.7 Å². The van der Waals surface area contributed by atoms with E-state index >= 15 is 0 Å². The van der Waals surface area contributed by atoms with E-state index in [0.717, 1.165) is 0 Å². The molecule has 0 amide bonds. The fourth-order valence-corrected chi connectivity index (χ4v) is 1.85. The Bertz CT molecular complexity index is 256. The highest BCUT2D eigenvalue weighted by atomic mass is 16.4. The second kappa shape index (κ2) is 4.21. The van der Waals surface area contributed by atoms with Gasteiger partial charge in [0.15, 0.2) is 5.92 Å². The second-order valence-corrected chi connectivity index (χ2v) is 3.55. The highest BCUT2D eigenvalue weighted by Gasteiger charge is 2.37. The van der Waals surface area contributed by atoms with Crippen molar-refractivity contribution in [2.75, 3.05) is 0 Å². The molecule has 1 saturated carbocycles. The fourth-order valence-electron chi connectivity index (χ4n) is 1.85. The minimum absolute atomic E-state index is 0.0336. The third-order valence-corrected chi connectivity index (χ3v) is 2.52. The molecule has 0 bridgehead atoms. The zero-order valence-electron chi connectivity index (χ0n) is 7.60. The van der Waals surface area contributed by atoms with Crippen molar-refractivity contribution >= 4 is 17.7 Å². The van der Waals surface area contributed by atoms with E-state index in [1.807, 2.05) is 0 Å². The molecule has 0 radical (unpaired) electrons. The van der Waals surface area contributed by atoms with E-state index in [1.165, 1.54) is 0 Å². The summed E-state index contributed by atoms with van der Waals surface area (Å²) in [5.74, 6) is -4.70. The number of ketones is 1. The molecule has 1 aliphatic rings. The average molecular weight is 200 g/mol. The smallest absolute Gasteiger partial charge is 0.318 e. The Morgan fingerprint density at radius 3 is 2.29 bits per heavy atom. The summed E-state index contributed by atoms with van der Waals surface area (Å²) in [5.41, 5.74) is 0. The standard InChI is InChI=1S/C9H12O5/c10-6-3-1-2-5(4-6)7(8(11)12)9(13)14/h5,7H,1-4H2,(H,11,12)(H,13,14)/t5-/m1/s1. The average Bonchev–Trinajstić information content (AvgIpc) is 2.02. The molecule has 5 nitrogen and oxygen atoms in total. The minimum Gasteiger partial charge on any atom is -0.481 e. The number of carbonyl (C=O) groups is 3. The number of carboxylic acids is 2. The summed E-state index contributed by atoms with van der Waals surface area (Å²) in [6.07, 6.45) is 1.64. The third kappa shape index (κ3) is 2.31. The first kappa shape index (κ1) is 10.7. The van der Waals surface area contributed by atoms with Crippen molar-refractivity contribution < 1.29 is 24.6 Å². The van der Waals surface area contributed by atoms with Crippen molar-refractivity contribution in [3.63, 3.8) is 0 Å². The quantitative estimate of drug-likeness (QED) is 0.648. The molecule has 5 heteroatoms. The summed E-state index contributed by atoms with van der Waals surface area (Å²) >= 11 is 0. The van der Waals surface area contributed by atoms with E-state index in [-0.39, 0.29) is 12.2 Å². The molecule has 0 heterocycles. The molecule has 0 saturated heterocycles. The van der Waals surface area contributed by atoms with Crippen LogP contribution in [0.5, 0.6) is 0 Å². The van der Waals surface area contributed by atoms with Crippen LogP contribution in [0.15, 0.2) is 0 Å². The summed E-state index contributed by atoms with van der Waals surface area (Å²) < 4.78 is 0. The summed E-state index contributed by atoms with van der Waals surface area (Å²) in [5, 5.41) is 17.4. The Morgan fingerprint density at radius 2 is 1.86 bits per heavy atom. The first-order valence-electron chi connectivity index (χ1n) is 4.49. The van der Waals surface area contributed by atoms with Crippen molar-refractivity contribution in [3.8, 4) is 0 Å². The molecule has 1 atom stereocenters. The predicted molar refractivity (Wildman–Crippen MR) is 45.7 cm³/mol. The van der Waals surface area contributed by atoms with E-state index in [0.29, 0.717) is 19.3 Å². The van der Waals surface area contributed by atoms with Gasteiger partial charge >= 0.3 is 11.9 Å². The number of hydrogen-bond donors (Lipinski definition) is 2. The molecule has 0 spiro atoms. The fraction of sp³-hybridized carbons (Fsp3) is 0.667. The lowest BCUT2D eigenvalue weighted by Gasteiger charge is -2.23. The molecule has 1 rings (SSSR count). The van der Waals surface area contributed by atoms with Gasteiger partial charge in [-0.15, -0.1) is 0 Å². The van der Waals surface area contributed by atoms with Crippen LogP contribution in [0, 0.1) is 11.8 Å². The van der Waals surface area contributed by atoms with Crippen LogP contribution in [-0.4, -0.2) is 27.9 Å². The Kier molecular flexibility index (Phi) is 3.22. The van der Waals surface area contributed by atoms with Gasteiger partial charge in [0, 0.05) is 12.8 Å². The molecule has 1 aliphatic carbocycles. The monoisotopic (exact) mass is 200 g/mol. The summed E-state index contributed by atoms with van der Waals surface area (Å²) in [6.45, 7) is 0. The molecule has 0 aromatic rings. The van der Waals surface area contributed by atoms with Gasteiger partial charge in [-0.1, -0.05) is 0 Å². The maximum atomic E-state index is 11.0. The van der Waals surface area contributed by atoms with Gasteiger partial charge in [0.05, 0.1) is 0 Å². The van der Waals surface area contributed by atoms with Crippen LogP contribution in [0.4, 0.5) is 0 Å². The molecule has 0 aromatic carbocycles. The molecule has 78 valence electrons. The lowest BCUT2D eigenvalue weighted by molar-refractivity contribution is -0.158. The van der Waals surface area contributed by atoms with Crippen LogP contribution in [0.2, 0.25) is 0 Å². The van der Waals surface area contributed by atoms with Crippen molar-refractivity contribution in [1.82, 2.24) is 0 Å². The Morgan fingerprint density at radius 1 is 1.29 bits per heavy atom. The van der Waals surface area contributed by atoms with E-state index < -0.39 is 23.8 Å². The molecule has 0 unspecified atom stereocenters. The third-order valence-electron chi connectivity index (χ3n) is 2.52. The van der Waals surface area contributed by atoms with E-state index in [9.17, 15) is 14.4 Å². The van der Waals surface area contributed by atoms with Crippen LogP contribution in [0.3, 0.4) is 0 Å². The van der Waals surface area contributed by atoms with Crippen molar-refractivity contribution in [1.29, 1.82) is 0 Å². The highest BCUT2D eigenvalue weighted by molar-refractivity contribution is 5.94. The number of carbonyl (C=O) groups excluding carboxylic acids is 1. The molecule has 1 fully saturated rings. The zero-order valence-corrected chi connectivity index (χ0v) is 7.60. The first-order valence-corrected chi connectivity index (χ1v) is 4.49. The largest absolute Gasteiger partial charge is 0.481 e. The van der Waals surface area contributed by atoms with E-state index in [1.54, 1.807) is 0 Å². The molecule has 0 aliphatic heterocycles. The Balaban J connectivity index is 2.72. The molecule has 14 heavy (non-hydrogen) atoms. The van der Waals surface area contributed by atoms with Gasteiger partial charge in [-0.2, -0.15) is 0 Å². The highest BCUT2D eigenvalue weighted by Crippen LogP contribution is 2.28. The number of rotatable bonds is 3. The Labute approximate surface area is 80.7 Å². The van der Waals surface area contributed by atoms with Crippen LogP contribution in [0.1, 0.15) is 25.7 Å². The van der Waals surface area contributed by atoms with Crippen LogP contribution in [-0.2, 0) is 14.4 Å². The second-order valence-electron chi connectivity index (χ2n) is 3.55. The van der Waals surface area contributed by atoms with Gasteiger partial charge < -0.3 is 10.2 Å². The van der Waals surface area contributed by atoms with Gasteiger partial charge in [-0.05, 0) is 18.8 Å². The first-order chi connectivity index (χ1) is 6.52. The minimum atomic E-state index is -1.43. The molecular formula is C9H12O5. The molecule has 0 aromatic heterocycles. The van der Waals surface area contributed by atoms with Crippen molar-refractivity contribution in [3.05, 3.63) is 0 Å². The maximum absolute atomic E-state index is 11.0. The summed E-state index contributed by atoms with van der Waals surface area (Å²) in [4.78, 5) is 32.3. The Hall–Kier alpha value is -1.39. The van der Waals surface area contributed by atoms with Gasteiger partial charge in [0.25, 0.3) is 0 Å². The lowest BCUT2D eigenvalue weighted by atomic mass is 9.79. The van der Waals surface area contributed by atoms with Crippen LogP contribution in [0.25, 0.3) is 0 Å². The summed E-state index contributed by atoms with van der Waals surface area (Å²) in [7, 11) is 0. The van der Waals surface area contributed by atoms with Gasteiger partial charge in [0.2, 0.25) is 0 Å². The van der Waals surface area contributed by atoms with Crippen molar-refractivity contribution in [2.45, 2.75) is 25.7 Å².